The molecule has 0 unspecified atom stereocenters. The van der Waals surface area contributed by atoms with E-state index in [1.54, 1.807) is 18.3 Å². The van der Waals surface area contributed by atoms with Crippen LogP contribution in [0.5, 0.6) is 0 Å². The second-order valence-corrected chi connectivity index (χ2v) is 3.01. The van der Waals surface area contributed by atoms with Crippen molar-refractivity contribution in [3.05, 3.63) is 34.7 Å². The molecule has 0 spiro atoms. The summed E-state index contributed by atoms with van der Waals surface area (Å²) in [5.74, 6) is 0. The summed E-state index contributed by atoms with van der Waals surface area (Å²) in [4.78, 5) is 14.4. The van der Waals surface area contributed by atoms with Crippen molar-refractivity contribution in [2.45, 2.75) is 0 Å². The van der Waals surface area contributed by atoms with Gasteiger partial charge < -0.3 is 5.73 Å². The molecule has 0 amide bonds. The molecule has 0 fully saturated rings. The normalized spacial score (nSPS) is 11.2. The Kier molecular flexibility index (Phi) is 2.99. The summed E-state index contributed by atoms with van der Waals surface area (Å²) < 4.78 is 0.869. The number of aromatic nitrogens is 1. The molecule has 0 bridgehead atoms. The van der Waals surface area contributed by atoms with Crippen molar-refractivity contribution in [3.63, 3.8) is 0 Å². The first-order valence-electron chi connectivity index (χ1n) is 3.27. The fourth-order valence-corrected chi connectivity index (χ4v) is 1.08. The molecule has 3 nitrogen and oxygen atoms in total. The van der Waals surface area contributed by atoms with Gasteiger partial charge in [0.1, 0.15) is 0 Å². The lowest BCUT2D eigenvalue weighted by Gasteiger charge is -1.97. The summed E-state index contributed by atoms with van der Waals surface area (Å²) in [6.07, 6.45) is 3.52. The van der Waals surface area contributed by atoms with Gasteiger partial charge in [0.25, 0.3) is 0 Å². The number of nitrogens with zero attached hydrogens (tertiary/aromatic N) is 1. The number of halogens is 1. The molecule has 0 saturated heterocycles. The molecule has 1 aromatic rings. The van der Waals surface area contributed by atoms with E-state index in [0.29, 0.717) is 17.6 Å². The van der Waals surface area contributed by atoms with Crippen LogP contribution in [-0.2, 0) is 4.79 Å². The molecular weight excluding hydrogens is 220 g/mol. The van der Waals surface area contributed by atoms with E-state index in [4.69, 9.17) is 5.73 Å². The quantitative estimate of drug-likeness (QED) is 0.612. The van der Waals surface area contributed by atoms with E-state index >= 15 is 0 Å². The Morgan fingerprint density at radius 1 is 1.67 bits per heavy atom. The third-order valence-corrected chi connectivity index (χ3v) is 1.82. The standard InChI is InChI=1S/C8H7BrN2O/c9-7-1-2-11-8(3-7)6(4-10)5-12/h1-5H,10H2/b6-4-. The lowest BCUT2D eigenvalue weighted by molar-refractivity contribution is -0.103. The summed E-state index contributed by atoms with van der Waals surface area (Å²) in [6.45, 7) is 0. The van der Waals surface area contributed by atoms with Crippen molar-refractivity contribution in [1.82, 2.24) is 4.98 Å². The van der Waals surface area contributed by atoms with Gasteiger partial charge in [-0.05, 0) is 12.1 Å². The monoisotopic (exact) mass is 226 g/mol. The van der Waals surface area contributed by atoms with Crippen molar-refractivity contribution in [2.75, 3.05) is 0 Å². The lowest BCUT2D eigenvalue weighted by Crippen LogP contribution is -1.93. The van der Waals surface area contributed by atoms with Crippen LogP contribution in [0.25, 0.3) is 5.57 Å². The number of hydrogen-bond acceptors (Lipinski definition) is 3. The predicted octanol–water partition coefficient (Wildman–Crippen LogP) is 1.34. The number of nitrogens with two attached hydrogens (primary N) is 1. The van der Waals surface area contributed by atoms with Gasteiger partial charge in [-0.2, -0.15) is 0 Å². The van der Waals surface area contributed by atoms with Crippen molar-refractivity contribution in [2.24, 2.45) is 5.73 Å². The van der Waals surface area contributed by atoms with Gasteiger partial charge in [0.2, 0.25) is 0 Å². The van der Waals surface area contributed by atoms with Crippen LogP contribution in [0.15, 0.2) is 29.0 Å². The van der Waals surface area contributed by atoms with Crippen molar-refractivity contribution in [1.29, 1.82) is 0 Å². The molecule has 0 aromatic carbocycles. The third kappa shape index (κ3) is 1.92. The summed E-state index contributed by atoms with van der Waals surface area (Å²) in [5, 5.41) is 0. The number of aldehydes is 1. The van der Waals surface area contributed by atoms with Crippen LogP contribution < -0.4 is 5.73 Å². The maximum atomic E-state index is 10.4. The highest BCUT2D eigenvalue weighted by Crippen LogP contribution is 2.13. The Hall–Kier alpha value is -1.16. The number of hydrogen-bond donors (Lipinski definition) is 1. The van der Waals surface area contributed by atoms with E-state index in [-0.39, 0.29) is 0 Å². The maximum absolute atomic E-state index is 10.4. The molecule has 0 atom stereocenters. The minimum atomic E-state index is 0.385. The van der Waals surface area contributed by atoms with Crippen LogP contribution in [0.1, 0.15) is 5.69 Å². The average Bonchev–Trinajstić information content (AvgIpc) is 2.07. The highest BCUT2D eigenvalue weighted by Gasteiger charge is 2.00. The van der Waals surface area contributed by atoms with E-state index in [0.717, 1.165) is 4.47 Å². The van der Waals surface area contributed by atoms with E-state index in [9.17, 15) is 4.79 Å². The Bertz CT molecular complexity index is 323. The van der Waals surface area contributed by atoms with Crippen LogP contribution in [0.2, 0.25) is 0 Å². The molecule has 4 heteroatoms. The lowest BCUT2D eigenvalue weighted by atomic mass is 10.2. The zero-order valence-electron chi connectivity index (χ0n) is 6.20. The highest BCUT2D eigenvalue weighted by molar-refractivity contribution is 9.10. The Labute approximate surface area is 78.4 Å². The summed E-state index contributed by atoms with van der Waals surface area (Å²) in [5.41, 5.74) is 6.17. The molecule has 12 heavy (non-hydrogen) atoms. The minimum Gasteiger partial charge on any atom is -0.404 e. The van der Waals surface area contributed by atoms with Crippen LogP contribution in [0, 0.1) is 0 Å². The third-order valence-electron chi connectivity index (χ3n) is 1.32. The van der Waals surface area contributed by atoms with Gasteiger partial charge in [0, 0.05) is 16.9 Å². The van der Waals surface area contributed by atoms with Crippen LogP contribution >= 0.6 is 15.9 Å². The molecule has 0 aliphatic heterocycles. The number of carbonyl (C=O) groups excluding carboxylic acids is 1. The van der Waals surface area contributed by atoms with Crippen LogP contribution in [0.4, 0.5) is 0 Å². The zero-order valence-corrected chi connectivity index (χ0v) is 7.78. The molecule has 1 heterocycles. The minimum absolute atomic E-state index is 0.385. The number of carbonyl (C=O) groups is 1. The van der Waals surface area contributed by atoms with Gasteiger partial charge in [-0.25, -0.2) is 0 Å². The number of pyridine rings is 1. The van der Waals surface area contributed by atoms with E-state index in [1.807, 2.05) is 0 Å². The number of rotatable bonds is 2. The molecule has 0 saturated carbocycles. The van der Waals surface area contributed by atoms with Crippen molar-refractivity contribution < 1.29 is 4.79 Å². The van der Waals surface area contributed by atoms with Gasteiger partial charge in [-0.3, -0.25) is 9.78 Å². The topological polar surface area (TPSA) is 56.0 Å². The van der Waals surface area contributed by atoms with Crippen molar-refractivity contribution in [3.8, 4) is 0 Å². The fraction of sp³-hybridized carbons (Fsp3) is 0. The molecule has 62 valence electrons. The number of allylic oxidation sites excluding steroid dienone is 1. The molecule has 2 N–H and O–H groups in total. The van der Waals surface area contributed by atoms with Crippen LogP contribution in [-0.4, -0.2) is 11.3 Å². The molecule has 0 aliphatic rings. The van der Waals surface area contributed by atoms with Gasteiger partial charge in [-0.1, -0.05) is 15.9 Å². The first kappa shape index (κ1) is 8.93. The summed E-state index contributed by atoms with van der Waals surface area (Å²) in [6, 6.07) is 3.51. The van der Waals surface area contributed by atoms with Gasteiger partial charge in [0.05, 0.1) is 11.3 Å². The largest absolute Gasteiger partial charge is 0.404 e. The zero-order chi connectivity index (χ0) is 8.97. The van der Waals surface area contributed by atoms with Crippen LogP contribution in [0.3, 0.4) is 0 Å². The molecule has 0 aliphatic carbocycles. The predicted molar refractivity (Wildman–Crippen MR) is 50.2 cm³/mol. The average molecular weight is 227 g/mol. The Morgan fingerprint density at radius 3 is 2.92 bits per heavy atom. The second-order valence-electron chi connectivity index (χ2n) is 2.10. The molecule has 1 aromatic heterocycles. The smallest absolute Gasteiger partial charge is 0.153 e. The maximum Gasteiger partial charge on any atom is 0.153 e. The second kappa shape index (κ2) is 4.01. The van der Waals surface area contributed by atoms with E-state index in [1.165, 1.54) is 6.20 Å². The van der Waals surface area contributed by atoms with Crippen molar-refractivity contribution >= 4 is 27.8 Å². The van der Waals surface area contributed by atoms with Gasteiger partial charge in [-0.15, -0.1) is 0 Å². The molecular formula is C8H7BrN2O. The van der Waals surface area contributed by atoms with Gasteiger partial charge in [0.15, 0.2) is 6.29 Å². The Morgan fingerprint density at radius 2 is 2.42 bits per heavy atom. The van der Waals surface area contributed by atoms with E-state index in [2.05, 4.69) is 20.9 Å². The first-order valence-corrected chi connectivity index (χ1v) is 4.06. The molecule has 0 radical (unpaired) electrons. The van der Waals surface area contributed by atoms with Gasteiger partial charge >= 0.3 is 0 Å². The molecule has 1 rings (SSSR count). The SMILES string of the molecule is N/C=C(/C=O)c1cc(Br)ccn1. The Balaban J connectivity index is 3.10. The first-order chi connectivity index (χ1) is 5.77. The highest BCUT2D eigenvalue weighted by atomic mass is 79.9. The van der Waals surface area contributed by atoms with E-state index < -0.39 is 0 Å². The fourth-order valence-electron chi connectivity index (χ4n) is 0.748. The summed E-state index contributed by atoms with van der Waals surface area (Å²) in [7, 11) is 0. The summed E-state index contributed by atoms with van der Waals surface area (Å²) >= 11 is 3.26.